The van der Waals surface area contributed by atoms with Gasteiger partial charge in [-0.1, -0.05) is 37.3 Å². The van der Waals surface area contributed by atoms with Crippen molar-refractivity contribution in [3.63, 3.8) is 0 Å². The fourth-order valence-electron chi connectivity index (χ4n) is 1.98. The number of aryl methyl sites for hydroxylation is 1. The quantitative estimate of drug-likeness (QED) is 0.856. The van der Waals surface area contributed by atoms with Crippen molar-refractivity contribution in [3.05, 3.63) is 54.1 Å². The molecule has 0 saturated heterocycles. The lowest BCUT2D eigenvalue weighted by Gasteiger charge is -2.22. The van der Waals surface area contributed by atoms with Crippen molar-refractivity contribution < 1.29 is 9.90 Å². The summed E-state index contributed by atoms with van der Waals surface area (Å²) in [6.45, 7) is 2.57. The number of aliphatic hydroxyl groups is 1. The molecule has 2 rings (SSSR count). The molecule has 6 heteroatoms. The Labute approximate surface area is 129 Å². The van der Waals surface area contributed by atoms with Crippen LogP contribution in [0.4, 0.5) is 10.5 Å². The Bertz CT molecular complexity index is 587. The van der Waals surface area contributed by atoms with E-state index in [2.05, 4.69) is 15.3 Å². The highest BCUT2D eigenvalue weighted by atomic mass is 16.3. The number of aliphatic hydroxyl groups excluding tert-OH is 1. The third kappa shape index (κ3) is 4.53. The van der Waals surface area contributed by atoms with Crippen LogP contribution in [0.25, 0.3) is 0 Å². The summed E-state index contributed by atoms with van der Waals surface area (Å²) in [5, 5.41) is 11.9. The van der Waals surface area contributed by atoms with Gasteiger partial charge in [0.15, 0.2) is 0 Å². The second-order valence-electron chi connectivity index (χ2n) is 4.80. The van der Waals surface area contributed by atoms with Crippen LogP contribution in [-0.2, 0) is 13.0 Å². The number of nitrogens with one attached hydrogen (secondary N) is 1. The molecular formula is C16H20N4O2. The van der Waals surface area contributed by atoms with Crippen molar-refractivity contribution in [2.24, 2.45) is 0 Å². The molecule has 2 N–H and O–H groups in total. The zero-order chi connectivity index (χ0) is 15.8. The summed E-state index contributed by atoms with van der Waals surface area (Å²) >= 11 is 0. The molecule has 0 unspecified atom stereocenters. The van der Waals surface area contributed by atoms with Gasteiger partial charge in [0, 0.05) is 19.5 Å². The van der Waals surface area contributed by atoms with Gasteiger partial charge in [0.25, 0.3) is 0 Å². The number of carbonyl (C=O) groups is 1. The van der Waals surface area contributed by atoms with E-state index in [1.54, 1.807) is 17.3 Å². The number of nitrogens with zero attached hydrogens (tertiary/aromatic N) is 3. The molecule has 0 fully saturated rings. The molecule has 0 radical (unpaired) electrons. The van der Waals surface area contributed by atoms with Crippen molar-refractivity contribution in [3.8, 4) is 0 Å². The molecule has 0 aliphatic carbocycles. The number of urea groups is 1. The molecule has 0 aliphatic heterocycles. The van der Waals surface area contributed by atoms with Crippen molar-refractivity contribution in [2.45, 2.75) is 19.9 Å². The lowest BCUT2D eigenvalue weighted by atomic mass is 10.2. The zero-order valence-corrected chi connectivity index (χ0v) is 12.6. The van der Waals surface area contributed by atoms with Crippen LogP contribution < -0.4 is 5.32 Å². The van der Waals surface area contributed by atoms with E-state index in [1.165, 1.54) is 0 Å². The predicted molar refractivity (Wildman–Crippen MR) is 84.4 cm³/mol. The number of hydrogen-bond donors (Lipinski definition) is 2. The molecule has 2 aromatic rings. The Kier molecular flexibility index (Phi) is 5.85. The summed E-state index contributed by atoms with van der Waals surface area (Å²) in [6, 6.07) is 9.36. The molecule has 2 amide bonds. The van der Waals surface area contributed by atoms with Crippen molar-refractivity contribution in [1.82, 2.24) is 14.9 Å². The topological polar surface area (TPSA) is 78.4 Å². The first kappa shape index (κ1) is 15.9. The molecule has 116 valence electrons. The monoisotopic (exact) mass is 300 g/mol. The highest BCUT2D eigenvalue weighted by Crippen LogP contribution is 2.09. The van der Waals surface area contributed by atoms with Gasteiger partial charge in [-0.3, -0.25) is 0 Å². The predicted octanol–water partition coefficient (Wildman–Crippen LogP) is 2.07. The Morgan fingerprint density at radius 2 is 1.91 bits per heavy atom. The molecule has 1 heterocycles. The Hall–Kier alpha value is -2.47. The fraction of sp³-hybridized carbons (Fsp3) is 0.312. The summed E-state index contributed by atoms with van der Waals surface area (Å²) in [6.07, 6.45) is 3.92. The molecule has 0 spiro atoms. The molecule has 0 bridgehead atoms. The van der Waals surface area contributed by atoms with Gasteiger partial charge in [0.2, 0.25) is 0 Å². The molecule has 1 aromatic carbocycles. The molecule has 0 saturated carbocycles. The van der Waals surface area contributed by atoms with Crippen molar-refractivity contribution in [1.29, 1.82) is 0 Å². The van der Waals surface area contributed by atoms with E-state index in [9.17, 15) is 4.79 Å². The van der Waals surface area contributed by atoms with Gasteiger partial charge >= 0.3 is 6.03 Å². The third-order valence-corrected chi connectivity index (χ3v) is 3.15. The van der Waals surface area contributed by atoms with Gasteiger partial charge in [-0.25, -0.2) is 14.8 Å². The van der Waals surface area contributed by atoms with E-state index in [1.807, 2.05) is 37.3 Å². The van der Waals surface area contributed by atoms with Gasteiger partial charge in [-0.2, -0.15) is 0 Å². The first-order chi connectivity index (χ1) is 10.7. The van der Waals surface area contributed by atoms with Crippen LogP contribution in [0.1, 0.15) is 18.3 Å². The minimum Gasteiger partial charge on any atom is -0.395 e. The Morgan fingerprint density at radius 3 is 2.50 bits per heavy atom. The maximum atomic E-state index is 12.3. The second kappa shape index (κ2) is 8.09. The largest absolute Gasteiger partial charge is 0.395 e. The number of rotatable bonds is 6. The summed E-state index contributed by atoms with van der Waals surface area (Å²) < 4.78 is 0. The second-order valence-corrected chi connectivity index (χ2v) is 4.80. The molecule has 1 aromatic heterocycles. The maximum Gasteiger partial charge on any atom is 0.322 e. The lowest BCUT2D eigenvalue weighted by Crippen LogP contribution is -2.36. The first-order valence-electron chi connectivity index (χ1n) is 7.24. The van der Waals surface area contributed by atoms with Gasteiger partial charge in [-0.05, 0) is 5.56 Å². The average Bonchev–Trinajstić information content (AvgIpc) is 2.56. The minimum atomic E-state index is -0.286. The number of hydrogen-bond acceptors (Lipinski definition) is 4. The van der Waals surface area contributed by atoms with Crippen molar-refractivity contribution >= 4 is 11.7 Å². The van der Waals surface area contributed by atoms with Gasteiger partial charge in [0.05, 0.1) is 24.7 Å². The zero-order valence-electron chi connectivity index (χ0n) is 12.6. The van der Waals surface area contributed by atoms with Crippen LogP contribution in [0, 0.1) is 0 Å². The van der Waals surface area contributed by atoms with Gasteiger partial charge in [-0.15, -0.1) is 0 Å². The molecular weight excluding hydrogens is 280 g/mol. The highest BCUT2D eigenvalue weighted by Gasteiger charge is 2.14. The van der Waals surface area contributed by atoms with E-state index < -0.39 is 0 Å². The molecule has 0 atom stereocenters. The van der Waals surface area contributed by atoms with E-state index in [0.717, 1.165) is 17.8 Å². The summed E-state index contributed by atoms with van der Waals surface area (Å²) in [5.41, 5.74) is 1.54. The SMILES string of the molecule is CCc1ncc(NC(=O)N(CCO)Cc2ccccc2)cn1. The standard InChI is InChI=1S/C16H20N4O2/c1-2-15-17-10-14(11-18-15)19-16(22)20(8-9-21)12-13-6-4-3-5-7-13/h3-7,10-11,21H,2,8-9,12H2,1H3,(H,19,22). The van der Waals surface area contributed by atoms with Crippen LogP contribution in [0.3, 0.4) is 0 Å². The minimum absolute atomic E-state index is 0.0917. The number of carbonyl (C=O) groups excluding carboxylic acids is 1. The van der Waals surface area contributed by atoms with Gasteiger partial charge in [0.1, 0.15) is 5.82 Å². The first-order valence-corrected chi connectivity index (χ1v) is 7.24. The molecule has 6 nitrogen and oxygen atoms in total. The van der Waals surface area contributed by atoms with E-state index in [0.29, 0.717) is 12.2 Å². The molecule has 0 aliphatic rings. The van der Waals surface area contributed by atoms with Crippen LogP contribution in [-0.4, -0.2) is 39.2 Å². The highest BCUT2D eigenvalue weighted by molar-refractivity contribution is 5.88. The Morgan fingerprint density at radius 1 is 1.23 bits per heavy atom. The maximum absolute atomic E-state index is 12.3. The molecule has 22 heavy (non-hydrogen) atoms. The van der Waals surface area contributed by atoms with Crippen LogP contribution in [0.2, 0.25) is 0 Å². The third-order valence-electron chi connectivity index (χ3n) is 3.15. The van der Waals surface area contributed by atoms with Crippen molar-refractivity contribution in [2.75, 3.05) is 18.5 Å². The summed E-state index contributed by atoms with van der Waals surface area (Å²) in [4.78, 5) is 22.1. The fourth-order valence-corrected chi connectivity index (χ4v) is 1.98. The number of amides is 2. The Balaban J connectivity index is 2.02. The normalized spacial score (nSPS) is 10.3. The van der Waals surface area contributed by atoms with Gasteiger partial charge < -0.3 is 15.3 Å². The van der Waals surface area contributed by atoms with Crippen LogP contribution in [0.5, 0.6) is 0 Å². The van der Waals surface area contributed by atoms with E-state index >= 15 is 0 Å². The lowest BCUT2D eigenvalue weighted by molar-refractivity contribution is 0.185. The average molecular weight is 300 g/mol. The van der Waals surface area contributed by atoms with Crippen LogP contribution in [0.15, 0.2) is 42.7 Å². The smallest absolute Gasteiger partial charge is 0.322 e. The number of benzene rings is 1. The number of anilines is 1. The van der Waals surface area contributed by atoms with Crippen LogP contribution >= 0.6 is 0 Å². The van der Waals surface area contributed by atoms with E-state index in [4.69, 9.17) is 5.11 Å². The number of aromatic nitrogens is 2. The summed E-state index contributed by atoms with van der Waals surface area (Å²) in [5.74, 6) is 0.731. The summed E-state index contributed by atoms with van der Waals surface area (Å²) in [7, 11) is 0. The van der Waals surface area contributed by atoms with E-state index in [-0.39, 0.29) is 19.2 Å².